The van der Waals surface area contributed by atoms with Crippen LogP contribution in [0.4, 0.5) is 44.0 Å². The van der Waals surface area contributed by atoms with Gasteiger partial charge < -0.3 is 65.7 Å². The number of carbonyl (C=O) groups is 4. The largest absolute Gasteiger partial charge is 0.478 e. The molecular formula is C63H78N16O7. The number of amides is 5. The molecule has 8 aromatic rings. The predicted molar refractivity (Wildman–Crippen MR) is 337 cm³/mol. The average Bonchev–Trinajstić information content (AvgIpc) is 3.06. The molecule has 86 heavy (non-hydrogen) atoms. The van der Waals surface area contributed by atoms with Gasteiger partial charge in [-0.15, -0.1) is 10.2 Å². The number of hydrogen-bond acceptors (Lipinski definition) is 15. The lowest BCUT2D eigenvalue weighted by atomic mass is 10.2. The second-order valence-electron chi connectivity index (χ2n) is 22.0. The summed E-state index contributed by atoms with van der Waals surface area (Å²) in [6, 6.07) is 36.4. The van der Waals surface area contributed by atoms with Gasteiger partial charge in [0.15, 0.2) is 23.3 Å². The summed E-state index contributed by atoms with van der Waals surface area (Å²) in [5.74, 6) is 1.93. The number of rotatable bonds is 12. The maximum absolute atomic E-state index is 12.9. The summed E-state index contributed by atoms with van der Waals surface area (Å²) >= 11 is 0. The minimum atomic E-state index is -1.02. The van der Waals surface area contributed by atoms with Gasteiger partial charge >= 0.3 is 18.0 Å². The van der Waals surface area contributed by atoms with Crippen LogP contribution in [0.2, 0.25) is 0 Å². The van der Waals surface area contributed by atoms with Gasteiger partial charge in [-0.2, -0.15) is 0 Å². The molecular weight excluding hydrogens is 1090 g/mol. The first-order valence-corrected chi connectivity index (χ1v) is 28.7. The zero-order chi connectivity index (χ0) is 59.6. The second kappa shape index (κ2) is 28.3. The van der Waals surface area contributed by atoms with Gasteiger partial charge in [0, 0.05) is 96.6 Å². The molecule has 23 heteroatoms. The van der Waals surface area contributed by atoms with E-state index in [1.165, 1.54) is 43.8 Å². The highest BCUT2D eigenvalue weighted by Crippen LogP contribution is 2.30. The predicted octanol–water partition coefficient (Wildman–Crippen LogP) is 8.55. The maximum atomic E-state index is 12.9. The Labute approximate surface area is 501 Å². The number of likely N-dealkylation sites (N-methyl/N-ethyl adjacent to an activating group) is 2. The number of aromatic nitrogens is 6. The standard InChI is InChI=1S/C31H36N8O3.C25H24N6O4.C6H14N2.CH4/c1-21-20-42-18-17-38(21)29-27-5-4-15-39(27)35-28(34-29)22-6-10-24(11-7-22)32-31(41)33-25-12-8-23(9-13-25)30(40)37-16-14-26(19-37)36(2)3;1-16-15-35-14-13-30(16)23-21-3-2-12-31(21)29-22(28-23)17-4-8-19(9-5-17)26-25(34)27-20-10-6-18(7-11-20)24(32)33;1-8(2)6-3-4-7-5-6;/h4-13,15,21,26H,14,16-20H2,1-3H3,(H2,32,33,41);2-12,16H,13-15H2,1H3,(H,32,33)(H2,26,27,34);6-7H,3-5H2,1-2H3;1H4/t21-,26-;16-;6-;/m111./s1. The van der Waals surface area contributed by atoms with Crippen LogP contribution in [0.15, 0.2) is 134 Å². The number of anilines is 6. The number of fused-ring (bicyclic) bond motifs is 2. The lowest BCUT2D eigenvalue weighted by Crippen LogP contribution is -2.44. The van der Waals surface area contributed by atoms with Crippen LogP contribution in [0, 0.1) is 0 Å². The Morgan fingerprint density at radius 3 is 1.37 bits per heavy atom. The molecule has 0 spiro atoms. The Bertz CT molecular complexity index is 3570. The molecule has 0 bridgehead atoms. The Morgan fingerprint density at radius 1 is 0.570 bits per heavy atom. The smallest absolute Gasteiger partial charge is 0.335 e. The molecule has 4 aliphatic heterocycles. The summed E-state index contributed by atoms with van der Waals surface area (Å²) in [4.78, 5) is 69.5. The number of urea groups is 2. The highest BCUT2D eigenvalue weighted by atomic mass is 16.5. The van der Waals surface area contributed by atoms with Gasteiger partial charge in [-0.05, 0) is 183 Å². The van der Waals surface area contributed by atoms with Crippen LogP contribution < -0.4 is 36.4 Å². The van der Waals surface area contributed by atoms with Gasteiger partial charge in [-0.3, -0.25) is 4.79 Å². The normalized spacial score (nSPS) is 18.4. The number of nitrogens with zero attached hydrogens (tertiary/aromatic N) is 11. The molecule has 0 saturated carbocycles. The summed E-state index contributed by atoms with van der Waals surface area (Å²) in [7, 11) is 8.36. The SMILES string of the molecule is C.CN(C)[C@@H]1CCNC1.C[C@@H]1COCCN1c1nc(-c2ccc(NC(=O)Nc3ccc(C(=O)N4CC[C@@H](N(C)C)C4)cc3)cc2)nn2cccc12.C[C@@H]1COCCN1c1nc(-c2ccc(NC(=O)Nc3ccc(C(=O)O)cc3)cc2)nn2cccc12. The first-order valence-electron chi connectivity index (χ1n) is 28.7. The Hall–Kier alpha value is -9.00. The third-order valence-corrected chi connectivity index (χ3v) is 15.5. The third-order valence-electron chi connectivity index (χ3n) is 15.5. The van der Waals surface area contributed by atoms with Crippen molar-refractivity contribution in [2.24, 2.45) is 0 Å². The lowest BCUT2D eigenvalue weighted by molar-refractivity contribution is 0.0696. The van der Waals surface area contributed by atoms with E-state index in [0.29, 0.717) is 72.4 Å². The number of ether oxygens (including phenoxy) is 2. The monoisotopic (exact) mass is 1170 g/mol. The van der Waals surface area contributed by atoms with E-state index in [-0.39, 0.29) is 37.0 Å². The highest BCUT2D eigenvalue weighted by Gasteiger charge is 2.29. The second-order valence-corrected chi connectivity index (χ2v) is 22.0. The van der Waals surface area contributed by atoms with Crippen molar-refractivity contribution in [3.8, 4) is 22.8 Å². The molecule has 4 aliphatic rings. The number of carbonyl (C=O) groups excluding carboxylic acids is 3. The van der Waals surface area contributed by atoms with E-state index in [0.717, 1.165) is 72.4 Å². The van der Waals surface area contributed by atoms with Crippen molar-refractivity contribution in [2.75, 3.05) is 125 Å². The van der Waals surface area contributed by atoms with Crippen molar-refractivity contribution in [3.63, 3.8) is 0 Å². The third kappa shape index (κ3) is 15.1. The van der Waals surface area contributed by atoms with Gasteiger partial charge in [0.1, 0.15) is 11.0 Å². The van der Waals surface area contributed by atoms with Gasteiger partial charge in [0.2, 0.25) is 0 Å². The summed E-state index contributed by atoms with van der Waals surface area (Å²) in [5.41, 5.74) is 6.64. The number of likely N-dealkylation sites (tertiary alicyclic amines) is 1. The molecule has 0 radical (unpaired) electrons. The number of aromatic carboxylic acids is 1. The lowest BCUT2D eigenvalue weighted by Gasteiger charge is -2.34. The molecule has 4 saturated heterocycles. The van der Waals surface area contributed by atoms with Crippen LogP contribution in [-0.2, 0) is 9.47 Å². The molecule has 12 rings (SSSR count). The van der Waals surface area contributed by atoms with E-state index < -0.39 is 12.0 Å². The Kier molecular flexibility index (Phi) is 20.2. The molecule has 23 nitrogen and oxygen atoms in total. The van der Waals surface area contributed by atoms with Gasteiger partial charge in [-0.25, -0.2) is 33.4 Å². The minimum Gasteiger partial charge on any atom is -0.478 e. The maximum Gasteiger partial charge on any atom is 0.335 e. The fourth-order valence-electron chi connectivity index (χ4n) is 10.6. The van der Waals surface area contributed by atoms with E-state index >= 15 is 0 Å². The van der Waals surface area contributed by atoms with E-state index in [9.17, 15) is 19.2 Å². The van der Waals surface area contributed by atoms with Crippen LogP contribution in [-0.4, -0.2) is 191 Å². The molecule has 4 fully saturated rings. The molecule has 5 amide bonds. The molecule has 4 aromatic heterocycles. The summed E-state index contributed by atoms with van der Waals surface area (Å²) in [6.45, 7) is 12.3. The van der Waals surface area contributed by atoms with Gasteiger partial charge in [0.05, 0.1) is 44.1 Å². The molecule has 452 valence electrons. The van der Waals surface area contributed by atoms with Crippen LogP contribution in [0.1, 0.15) is 54.8 Å². The Morgan fingerprint density at radius 2 is 1.00 bits per heavy atom. The topological polar surface area (TPSA) is 244 Å². The van der Waals surface area contributed by atoms with Gasteiger partial charge in [0.25, 0.3) is 5.91 Å². The molecule has 4 aromatic carbocycles. The number of morpholine rings is 2. The first kappa shape index (κ1) is 61.6. The average molecular weight is 1170 g/mol. The van der Waals surface area contributed by atoms with Gasteiger partial charge in [-0.1, -0.05) is 7.43 Å². The summed E-state index contributed by atoms with van der Waals surface area (Å²) in [6.07, 6.45) is 6.11. The fourth-order valence-corrected chi connectivity index (χ4v) is 10.6. The molecule has 0 unspecified atom stereocenters. The number of benzene rings is 4. The molecule has 0 aliphatic carbocycles. The van der Waals surface area contributed by atoms with Crippen LogP contribution >= 0.6 is 0 Å². The quantitative estimate of drug-likeness (QED) is 0.0671. The number of nitrogens with one attached hydrogen (secondary N) is 5. The minimum absolute atomic E-state index is 0. The number of carboxylic acid groups (broad SMARTS) is 1. The van der Waals surface area contributed by atoms with E-state index in [1.54, 1.807) is 36.4 Å². The Balaban J connectivity index is 0.000000182. The summed E-state index contributed by atoms with van der Waals surface area (Å²) < 4.78 is 14.9. The van der Waals surface area contributed by atoms with Crippen molar-refractivity contribution in [1.29, 1.82) is 0 Å². The van der Waals surface area contributed by atoms with Crippen molar-refractivity contribution in [2.45, 2.75) is 58.3 Å². The fraction of sp³-hybridized carbons (Fsp3) is 0.365. The van der Waals surface area contributed by atoms with Crippen molar-refractivity contribution in [1.82, 2.24) is 49.2 Å². The number of hydrogen-bond donors (Lipinski definition) is 6. The van der Waals surface area contributed by atoms with E-state index in [1.807, 2.05) is 101 Å². The van der Waals surface area contributed by atoms with Crippen molar-refractivity contribution in [3.05, 3.63) is 145 Å². The zero-order valence-electron chi connectivity index (χ0n) is 48.8. The molecule has 4 atom stereocenters. The van der Waals surface area contributed by atoms with Crippen LogP contribution in [0.3, 0.4) is 0 Å². The highest BCUT2D eigenvalue weighted by molar-refractivity contribution is 6.01. The van der Waals surface area contributed by atoms with E-state index in [4.69, 9.17) is 29.6 Å². The van der Waals surface area contributed by atoms with Crippen LogP contribution in [0.5, 0.6) is 0 Å². The van der Waals surface area contributed by atoms with E-state index in [2.05, 4.69) is 79.2 Å². The molecule has 8 heterocycles. The summed E-state index contributed by atoms with van der Waals surface area (Å²) in [5, 5.41) is 32.8. The van der Waals surface area contributed by atoms with Crippen molar-refractivity contribution >= 4 is 69.4 Å². The number of carboxylic acids is 1. The zero-order valence-corrected chi connectivity index (χ0v) is 48.8. The van der Waals surface area contributed by atoms with Crippen molar-refractivity contribution < 1.29 is 33.8 Å². The molecule has 6 N–H and O–H groups in total. The first-order chi connectivity index (χ1) is 41.1. The van der Waals surface area contributed by atoms with Crippen LogP contribution in [0.25, 0.3) is 33.8 Å².